The third kappa shape index (κ3) is 5.53. The van der Waals surface area contributed by atoms with E-state index in [0.717, 1.165) is 17.0 Å². The number of alkyl halides is 6. The van der Waals surface area contributed by atoms with Gasteiger partial charge >= 0.3 is 12.4 Å². The van der Waals surface area contributed by atoms with Gasteiger partial charge in [-0.05, 0) is 95.7 Å². The molecule has 0 bridgehead atoms. The van der Waals surface area contributed by atoms with Crippen LogP contribution in [0.3, 0.4) is 0 Å². The first-order valence-electron chi connectivity index (χ1n) is 16.0. The van der Waals surface area contributed by atoms with Crippen LogP contribution in [-0.4, -0.2) is 35.8 Å². The Kier molecular flexibility index (Phi) is 8.56. The number of phenols is 1. The maximum atomic E-state index is 14.6. The van der Waals surface area contributed by atoms with Crippen molar-refractivity contribution in [2.45, 2.75) is 38.0 Å². The number of anilines is 2. The van der Waals surface area contributed by atoms with Crippen LogP contribution in [0.4, 0.5) is 42.1 Å². The van der Waals surface area contributed by atoms with E-state index in [1.165, 1.54) is 25.3 Å². The number of halogens is 9. The Hall–Kier alpha value is -4.44. The van der Waals surface area contributed by atoms with Gasteiger partial charge in [0.25, 0.3) is 0 Å². The zero-order valence-electron chi connectivity index (χ0n) is 27.3. The second kappa shape index (κ2) is 12.3. The summed E-state index contributed by atoms with van der Waals surface area (Å²) in [6, 6.07) is 6.70. The van der Waals surface area contributed by atoms with E-state index in [0.29, 0.717) is 28.2 Å². The van der Waals surface area contributed by atoms with Crippen LogP contribution in [-0.2, 0) is 31.5 Å². The molecule has 1 N–H and O–H groups in total. The van der Waals surface area contributed by atoms with Crippen molar-refractivity contribution in [2.75, 3.05) is 16.9 Å². The van der Waals surface area contributed by atoms with Gasteiger partial charge in [-0.25, -0.2) is 14.2 Å². The molecule has 3 aromatic carbocycles. The topological polar surface area (TPSA) is 104 Å². The van der Waals surface area contributed by atoms with Crippen molar-refractivity contribution in [1.82, 2.24) is 0 Å². The van der Waals surface area contributed by atoms with Gasteiger partial charge in [0.15, 0.2) is 11.5 Å². The van der Waals surface area contributed by atoms with Gasteiger partial charge in [-0.15, -0.1) is 0 Å². The number of fused-ring (bicyclic) bond motifs is 4. The zero-order chi connectivity index (χ0) is 38.7. The Bertz CT molecular complexity index is 2140. The molecular formula is C36H25BrClF7N2O6. The van der Waals surface area contributed by atoms with E-state index in [9.17, 15) is 55.0 Å². The van der Waals surface area contributed by atoms with Crippen LogP contribution in [0.1, 0.15) is 42.4 Å². The highest BCUT2D eigenvalue weighted by Crippen LogP contribution is 2.64. The van der Waals surface area contributed by atoms with Gasteiger partial charge in [0.1, 0.15) is 5.82 Å². The second-order valence-electron chi connectivity index (χ2n) is 13.6. The number of hydrogen-bond donors (Lipinski definition) is 1. The summed E-state index contributed by atoms with van der Waals surface area (Å²) in [6.07, 6.45) is -9.27. The molecule has 17 heteroatoms. The molecule has 2 aliphatic carbocycles. The number of hydrogen-bond acceptors (Lipinski definition) is 6. The maximum Gasteiger partial charge on any atom is 0.416 e. The first-order valence-corrected chi connectivity index (χ1v) is 17.1. The standard InChI is InChI=1S/C36H25BrClF7N2O6/c1-34-22(31(50)47(33(34)52)17-3-6-25(39)24(38)12-17)13-21-19(28(34)14-7-23(37)29(48)26(8-14)53-2)4-5-20-27(21)32(51)46(30(20)49)18-10-15(35(40,41)42)9-16(11-18)36(43,44)45/h3-4,6-12,20-22,27-28,48H,5,13H2,1-2H3. The van der Waals surface area contributed by atoms with E-state index in [-0.39, 0.29) is 45.6 Å². The number of nitrogens with zero attached hydrogens (tertiary/aromatic N) is 2. The van der Waals surface area contributed by atoms with Gasteiger partial charge in [-0.3, -0.25) is 19.2 Å². The van der Waals surface area contributed by atoms with Crippen LogP contribution in [0, 0.1) is 34.9 Å². The smallest absolute Gasteiger partial charge is 0.416 e. The summed E-state index contributed by atoms with van der Waals surface area (Å²) in [5, 5.41) is 10.2. The molecule has 7 rings (SSSR count). The first kappa shape index (κ1) is 36.9. The molecule has 4 aliphatic rings. The maximum absolute atomic E-state index is 14.6. The van der Waals surface area contributed by atoms with Gasteiger partial charge in [-0.1, -0.05) is 23.3 Å². The molecule has 2 aliphatic heterocycles. The summed E-state index contributed by atoms with van der Waals surface area (Å²) in [4.78, 5) is 58.3. The van der Waals surface area contributed by atoms with Crippen LogP contribution in [0.15, 0.2) is 64.7 Å². The number of methoxy groups -OCH3 is 1. The minimum absolute atomic E-state index is 0.0202. The average Bonchev–Trinajstić information content (AvgIpc) is 3.45. The fraction of sp³-hybridized carbons (Fsp3) is 0.333. The quantitative estimate of drug-likeness (QED) is 0.161. The number of benzene rings is 3. The summed E-state index contributed by atoms with van der Waals surface area (Å²) in [7, 11) is 1.28. The summed E-state index contributed by atoms with van der Waals surface area (Å²) in [6.45, 7) is 1.54. The highest BCUT2D eigenvalue weighted by molar-refractivity contribution is 9.10. The lowest BCUT2D eigenvalue weighted by Gasteiger charge is -2.49. The molecule has 0 spiro atoms. The third-order valence-corrected chi connectivity index (χ3v) is 11.8. The number of aromatic hydroxyl groups is 1. The number of rotatable bonds is 4. The van der Waals surface area contributed by atoms with Crippen LogP contribution in [0.2, 0.25) is 5.02 Å². The number of carbonyl (C=O) groups excluding carboxylic acids is 4. The monoisotopic (exact) mass is 828 g/mol. The predicted octanol–water partition coefficient (Wildman–Crippen LogP) is 8.43. The van der Waals surface area contributed by atoms with E-state index in [4.69, 9.17) is 16.3 Å². The SMILES string of the molecule is COc1cc(C2C3=CCC4C(=O)N(c5cc(C(F)(F)F)cc(C(F)(F)F)c5)C(=O)C4C3CC3C(=O)N(c4ccc(F)c(Cl)c4)C(=O)C32C)cc(Br)c1O. The molecule has 4 amide bonds. The molecule has 2 heterocycles. The van der Waals surface area contributed by atoms with Crippen LogP contribution in [0.25, 0.3) is 0 Å². The number of imide groups is 2. The summed E-state index contributed by atoms with van der Waals surface area (Å²) >= 11 is 9.30. The van der Waals surface area contributed by atoms with Gasteiger partial charge in [0.2, 0.25) is 23.6 Å². The molecule has 53 heavy (non-hydrogen) atoms. The molecule has 6 unspecified atom stereocenters. The Labute approximate surface area is 309 Å². The van der Waals surface area contributed by atoms with Gasteiger partial charge < -0.3 is 9.84 Å². The molecule has 3 fully saturated rings. The lowest BCUT2D eigenvalue weighted by atomic mass is 9.51. The Morgan fingerprint density at radius 2 is 1.51 bits per heavy atom. The van der Waals surface area contributed by atoms with Gasteiger partial charge in [0, 0.05) is 5.92 Å². The van der Waals surface area contributed by atoms with Gasteiger partial charge in [0.05, 0.1) is 62.3 Å². The highest BCUT2D eigenvalue weighted by atomic mass is 79.9. The van der Waals surface area contributed by atoms with E-state index < -0.39 is 93.6 Å². The van der Waals surface area contributed by atoms with E-state index in [2.05, 4.69) is 15.9 Å². The number of phenolic OH excluding ortho intramolecular Hbond substituents is 1. The lowest BCUT2D eigenvalue weighted by molar-refractivity contribution is -0.143. The third-order valence-electron chi connectivity index (χ3n) is 10.9. The summed E-state index contributed by atoms with van der Waals surface area (Å²) < 4.78 is 102. The van der Waals surface area contributed by atoms with Crippen molar-refractivity contribution in [2.24, 2.45) is 29.1 Å². The zero-order valence-corrected chi connectivity index (χ0v) is 29.6. The fourth-order valence-electron chi connectivity index (χ4n) is 8.50. The molecule has 2 saturated heterocycles. The van der Waals surface area contributed by atoms with Crippen molar-refractivity contribution in [1.29, 1.82) is 0 Å². The predicted molar refractivity (Wildman–Crippen MR) is 177 cm³/mol. The van der Waals surface area contributed by atoms with Gasteiger partial charge in [-0.2, -0.15) is 26.3 Å². The fourth-order valence-corrected chi connectivity index (χ4v) is 9.14. The minimum Gasteiger partial charge on any atom is -0.503 e. The average molecular weight is 830 g/mol. The molecule has 8 nitrogen and oxygen atoms in total. The lowest BCUT2D eigenvalue weighted by Crippen LogP contribution is -2.48. The van der Waals surface area contributed by atoms with E-state index >= 15 is 0 Å². The molecule has 0 aromatic heterocycles. The van der Waals surface area contributed by atoms with Crippen LogP contribution < -0.4 is 14.5 Å². The number of amides is 4. The number of ether oxygens (including phenoxy) is 1. The van der Waals surface area contributed by atoms with Crippen molar-refractivity contribution in [3.8, 4) is 11.5 Å². The molecule has 0 radical (unpaired) electrons. The van der Waals surface area contributed by atoms with Crippen molar-refractivity contribution in [3.63, 3.8) is 0 Å². The Morgan fingerprint density at radius 3 is 2.09 bits per heavy atom. The number of carbonyl (C=O) groups is 4. The summed E-state index contributed by atoms with van der Waals surface area (Å²) in [5.41, 5.74) is -5.22. The minimum atomic E-state index is -5.25. The number of allylic oxidation sites excluding steroid dienone is 2. The van der Waals surface area contributed by atoms with Crippen molar-refractivity contribution in [3.05, 3.63) is 92.2 Å². The molecular weight excluding hydrogens is 805 g/mol. The van der Waals surface area contributed by atoms with E-state index in [1.807, 2.05) is 0 Å². The first-order chi connectivity index (χ1) is 24.7. The summed E-state index contributed by atoms with van der Waals surface area (Å²) in [5.74, 6) is -10.4. The second-order valence-corrected chi connectivity index (χ2v) is 14.9. The van der Waals surface area contributed by atoms with Crippen LogP contribution >= 0.6 is 27.5 Å². The Balaban J connectivity index is 1.38. The normalized spacial score (nSPS) is 27.2. The molecule has 278 valence electrons. The molecule has 1 saturated carbocycles. The molecule has 6 atom stereocenters. The largest absolute Gasteiger partial charge is 0.503 e. The highest BCUT2D eigenvalue weighted by Gasteiger charge is 2.68. The van der Waals surface area contributed by atoms with E-state index in [1.54, 1.807) is 13.0 Å². The molecule has 3 aromatic rings. The Morgan fingerprint density at radius 1 is 0.868 bits per heavy atom. The van der Waals surface area contributed by atoms with Crippen LogP contribution in [0.5, 0.6) is 11.5 Å². The van der Waals surface area contributed by atoms with Crippen molar-refractivity contribution >= 4 is 62.5 Å². The van der Waals surface area contributed by atoms with Crippen molar-refractivity contribution < 1.29 is 59.8 Å².